The Balaban J connectivity index is 1.71. The zero-order valence-corrected chi connectivity index (χ0v) is 16.3. The van der Waals surface area contributed by atoms with Gasteiger partial charge in [0.05, 0.1) is 24.4 Å². The zero-order valence-electron chi connectivity index (χ0n) is 16.3. The second-order valence-corrected chi connectivity index (χ2v) is 8.53. The van der Waals surface area contributed by atoms with Crippen molar-refractivity contribution >= 4 is 11.2 Å². The molecule has 4 N–H and O–H groups in total. The van der Waals surface area contributed by atoms with Gasteiger partial charge in [-0.15, -0.1) is 0 Å². The van der Waals surface area contributed by atoms with Gasteiger partial charge in [0.1, 0.15) is 23.5 Å². The summed E-state index contributed by atoms with van der Waals surface area (Å²) in [5.41, 5.74) is 3.48. The van der Waals surface area contributed by atoms with Crippen molar-refractivity contribution in [1.29, 1.82) is 0 Å². The lowest BCUT2D eigenvalue weighted by Crippen LogP contribution is -2.44. The standard InChI is InChI=1S/C19H22F3N5O3/c1-30-16-14(25-5-9(10(20)6-25)19(23)4-12(19)22)11(21)7-26-15(16)13(8-2-3-8)17(28)27(24)18(26)29/h7-10,12H,2-6,23-24H2,1H3. The average molecular weight is 425 g/mol. The van der Waals surface area contributed by atoms with Crippen LogP contribution in [-0.4, -0.2) is 47.2 Å². The van der Waals surface area contributed by atoms with Crippen molar-refractivity contribution in [3.8, 4) is 5.75 Å². The number of nitrogens with zero attached hydrogens (tertiary/aromatic N) is 3. The second kappa shape index (κ2) is 6.16. The first-order valence-electron chi connectivity index (χ1n) is 9.83. The highest BCUT2D eigenvalue weighted by molar-refractivity contribution is 5.78. The Kier molecular flexibility index (Phi) is 3.96. The van der Waals surface area contributed by atoms with E-state index in [9.17, 15) is 18.4 Å². The van der Waals surface area contributed by atoms with Gasteiger partial charge in [0, 0.05) is 25.4 Å². The Morgan fingerprint density at radius 3 is 2.47 bits per heavy atom. The first kappa shape index (κ1) is 19.3. The van der Waals surface area contributed by atoms with Gasteiger partial charge in [-0.1, -0.05) is 0 Å². The number of halogens is 3. The Labute approximate surface area is 168 Å². The predicted molar refractivity (Wildman–Crippen MR) is 104 cm³/mol. The van der Waals surface area contributed by atoms with Gasteiger partial charge in [0.2, 0.25) is 0 Å². The summed E-state index contributed by atoms with van der Waals surface area (Å²) in [6.07, 6.45) is -0.278. The van der Waals surface area contributed by atoms with Crippen molar-refractivity contribution in [2.75, 3.05) is 30.9 Å². The molecule has 11 heteroatoms. The molecule has 0 aromatic carbocycles. The summed E-state index contributed by atoms with van der Waals surface area (Å²) in [7, 11) is 1.29. The number of nitrogens with two attached hydrogens (primary N) is 2. The molecule has 30 heavy (non-hydrogen) atoms. The zero-order chi connectivity index (χ0) is 21.5. The van der Waals surface area contributed by atoms with Crippen molar-refractivity contribution in [2.45, 2.75) is 43.1 Å². The van der Waals surface area contributed by atoms with Crippen molar-refractivity contribution < 1.29 is 17.9 Å². The van der Waals surface area contributed by atoms with Gasteiger partial charge in [-0.05, 0) is 18.8 Å². The normalized spacial score (nSPS) is 30.8. The van der Waals surface area contributed by atoms with Crippen LogP contribution in [0.25, 0.3) is 5.52 Å². The number of hydrogen-bond donors (Lipinski definition) is 2. The smallest absolute Gasteiger partial charge is 0.354 e. The number of fused-ring (bicyclic) bond motifs is 1. The molecule has 4 unspecified atom stereocenters. The number of nitrogen functional groups attached to an aromatic ring is 1. The van der Waals surface area contributed by atoms with E-state index >= 15 is 4.39 Å². The molecule has 0 radical (unpaired) electrons. The molecule has 3 fully saturated rings. The van der Waals surface area contributed by atoms with Crippen LogP contribution >= 0.6 is 0 Å². The number of anilines is 1. The molecular weight excluding hydrogens is 403 g/mol. The third-order valence-corrected chi connectivity index (χ3v) is 6.66. The van der Waals surface area contributed by atoms with Crippen molar-refractivity contribution in [3.63, 3.8) is 0 Å². The van der Waals surface area contributed by atoms with Crippen LogP contribution in [0, 0.1) is 11.7 Å². The third kappa shape index (κ3) is 2.50. The van der Waals surface area contributed by atoms with Crippen LogP contribution < -0.4 is 32.5 Å². The quantitative estimate of drug-likeness (QED) is 0.688. The van der Waals surface area contributed by atoms with E-state index in [4.69, 9.17) is 16.3 Å². The summed E-state index contributed by atoms with van der Waals surface area (Å²) in [5.74, 6) is 3.82. The molecule has 4 atom stereocenters. The number of alkyl halides is 2. The summed E-state index contributed by atoms with van der Waals surface area (Å²) < 4.78 is 50.5. The minimum Gasteiger partial charge on any atom is -0.492 e. The Morgan fingerprint density at radius 1 is 1.23 bits per heavy atom. The van der Waals surface area contributed by atoms with Gasteiger partial charge in [-0.2, -0.15) is 4.68 Å². The lowest BCUT2D eigenvalue weighted by atomic mass is 9.95. The van der Waals surface area contributed by atoms with E-state index in [0.29, 0.717) is 4.68 Å². The Hall–Kier alpha value is -2.69. The van der Waals surface area contributed by atoms with E-state index in [1.54, 1.807) is 0 Å². The van der Waals surface area contributed by atoms with Gasteiger partial charge < -0.3 is 21.2 Å². The van der Waals surface area contributed by atoms with Gasteiger partial charge in [-0.3, -0.25) is 9.20 Å². The van der Waals surface area contributed by atoms with Gasteiger partial charge in [0.25, 0.3) is 5.56 Å². The van der Waals surface area contributed by atoms with E-state index in [0.717, 1.165) is 23.4 Å². The monoisotopic (exact) mass is 425 g/mol. The fraction of sp³-hybridized carbons (Fsp3) is 0.579. The van der Waals surface area contributed by atoms with Crippen LogP contribution in [0.15, 0.2) is 15.8 Å². The number of pyridine rings is 1. The fourth-order valence-corrected chi connectivity index (χ4v) is 4.72. The number of methoxy groups -OCH3 is 1. The summed E-state index contributed by atoms with van der Waals surface area (Å²) in [6.45, 7) is -0.199. The molecule has 162 valence electrons. The van der Waals surface area contributed by atoms with Gasteiger partial charge >= 0.3 is 5.69 Å². The molecule has 1 saturated heterocycles. The number of ether oxygens (including phenoxy) is 1. The fourth-order valence-electron chi connectivity index (χ4n) is 4.72. The topological polar surface area (TPSA) is 108 Å². The first-order valence-corrected chi connectivity index (χ1v) is 9.83. The molecule has 1 aliphatic heterocycles. The third-order valence-electron chi connectivity index (χ3n) is 6.66. The predicted octanol–water partition coefficient (Wildman–Crippen LogP) is 0.414. The highest BCUT2D eigenvalue weighted by atomic mass is 19.1. The summed E-state index contributed by atoms with van der Waals surface area (Å²) >= 11 is 0. The van der Waals surface area contributed by atoms with Gasteiger partial charge in [0.15, 0.2) is 11.6 Å². The Bertz CT molecular complexity index is 1180. The minimum absolute atomic E-state index is 0.00150. The molecule has 5 rings (SSSR count). The minimum atomic E-state index is -1.45. The van der Waals surface area contributed by atoms with Crippen LogP contribution in [0.2, 0.25) is 0 Å². The van der Waals surface area contributed by atoms with Crippen LogP contribution in [0.4, 0.5) is 18.9 Å². The van der Waals surface area contributed by atoms with Crippen molar-refractivity contribution in [1.82, 2.24) is 9.08 Å². The van der Waals surface area contributed by atoms with E-state index in [-0.39, 0.29) is 47.9 Å². The van der Waals surface area contributed by atoms with Crippen LogP contribution in [-0.2, 0) is 0 Å². The van der Waals surface area contributed by atoms with Crippen LogP contribution in [0.1, 0.15) is 30.7 Å². The highest BCUT2D eigenvalue weighted by Crippen LogP contribution is 2.50. The first-order chi connectivity index (χ1) is 14.2. The number of hydrogen-bond acceptors (Lipinski definition) is 6. The van der Waals surface area contributed by atoms with Crippen molar-refractivity contribution in [3.05, 3.63) is 38.4 Å². The molecule has 2 saturated carbocycles. The van der Waals surface area contributed by atoms with E-state index < -0.39 is 40.9 Å². The number of rotatable bonds is 4. The maximum absolute atomic E-state index is 15.2. The lowest BCUT2D eigenvalue weighted by molar-refractivity contribution is 0.223. The SMILES string of the molecule is COc1c(N2CC(F)C(C3(N)CC3F)C2)c(F)cn2c(=O)n(N)c(=O)c(C3CC3)c12. The van der Waals surface area contributed by atoms with Crippen LogP contribution in [0.5, 0.6) is 5.75 Å². The maximum atomic E-state index is 15.2. The lowest BCUT2D eigenvalue weighted by Gasteiger charge is -2.25. The largest absolute Gasteiger partial charge is 0.492 e. The molecular formula is C19H22F3N5O3. The number of aromatic nitrogens is 2. The average Bonchev–Trinajstić information content (AvgIpc) is 3.60. The van der Waals surface area contributed by atoms with E-state index in [1.165, 1.54) is 12.0 Å². The van der Waals surface area contributed by atoms with E-state index in [2.05, 4.69) is 0 Å². The summed E-state index contributed by atoms with van der Waals surface area (Å²) in [5, 5.41) is 0. The summed E-state index contributed by atoms with van der Waals surface area (Å²) in [6, 6.07) is 0. The molecule has 2 aromatic heterocycles. The van der Waals surface area contributed by atoms with E-state index in [1.807, 2.05) is 0 Å². The molecule has 2 aliphatic carbocycles. The molecule has 8 nitrogen and oxygen atoms in total. The van der Waals surface area contributed by atoms with Gasteiger partial charge in [-0.25, -0.2) is 18.0 Å². The maximum Gasteiger partial charge on any atom is 0.354 e. The molecule has 0 bridgehead atoms. The molecule has 2 aromatic rings. The Morgan fingerprint density at radius 2 is 1.90 bits per heavy atom. The highest BCUT2D eigenvalue weighted by Gasteiger charge is 2.61. The van der Waals surface area contributed by atoms with Crippen molar-refractivity contribution in [2.24, 2.45) is 11.7 Å². The summed E-state index contributed by atoms with van der Waals surface area (Å²) in [4.78, 5) is 26.6. The molecule has 0 amide bonds. The second-order valence-electron chi connectivity index (χ2n) is 8.53. The van der Waals surface area contributed by atoms with Crippen LogP contribution in [0.3, 0.4) is 0 Å². The molecule has 0 spiro atoms. The molecule has 3 aliphatic rings. The molecule has 3 heterocycles.